The van der Waals surface area contributed by atoms with Crippen LogP contribution in [0.2, 0.25) is 0 Å². The van der Waals surface area contributed by atoms with E-state index in [0.717, 1.165) is 31.0 Å². The monoisotopic (exact) mass is 247 g/mol. The molecule has 100 valence electrons. The first kappa shape index (κ1) is 13.6. The van der Waals surface area contributed by atoms with E-state index in [2.05, 4.69) is 18.7 Å². The van der Waals surface area contributed by atoms with Crippen LogP contribution in [0.25, 0.3) is 0 Å². The van der Waals surface area contributed by atoms with Gasteiger partial charge in [0.1, 0.15) is 0 Å². The molecule has 1 aromatic carbocycles. The largest absolute Gasteiger partial charge is 0.387 e. The van der Waals surface area contributed by atoms with Crippen molar-refractivity contribution < 1.29 is 5.11 Å². The molecule has 1 saturated heterocycles. The van der Waals surface area contributed by atoms with Crippen LogP contribution in [0.4, 0.5) is 0 Å². The summed E-state index contributed by atoms with van der Waals surface area (Å²) in [6.07, 6.45) is 3.23. The van der Waals surface area contributed by atoms with Gasteiger partial charge in [-0.15, -0.1) is 0 Å². The Hall–Kier alpha value is -0.860. The molecule has 1 fully saturated rings. The summed E-state index contributed by atoms with van der Waals surface area (Å²) in [5.41, 5.74) is 1.04. The molecule has 0 radical (unpaired) electrons. The maximum absolute atomic E-state index is 10.6. The third kappa shape index (κ3) is 3.12. The van der Waals surface area contributed by atoms with Gasteiger partial charge < -0.3 is 5.11 Å². The van der Waals surface area contributed by atoms with E-state index in [9.17, 15) is 5.11 Å². The summed E-state index contributed by atoms with van der Waals surface area (Å²) in [4.78, 5) is 2.48. The van der Waals surface area contributed by atoms with Crippen LogP contribution in [0.3, 0.4) is 0 Å². The fraction of sp³-hybridized carbons (Fsp3) is 0.625. The molecule has 0 amide bonds. The summed E-state index contributed by atoms with van der Waals surface area (Å²) >= 11 is 0. The molecule has 0 saturated carbocycles. The third-order valence-electron chi connectivity index (χ3n) is 4.08. The van der Waals surface area contributed by atoms with Crippen LogP contribution in [-0.2, 0) is 0 Å². The van der Waals surface area contributed by atoms with Crippen LogP contribution in [0, 0.1) is 5.92 Å². The zero-order chi connectivity index (χ0) is 13.0. The Morgan fingerprint density at radius 1 is 1.33 bits per heavy atom. The quantitative estimate of drug-likeness (QED) is 0.883. The van der Waals surface area contributed by atoms with Crippen molar-refractivity contribution in [2.24, 2.45) is 5.92 Å². The fourth-order valence-corrected chi connectivity index (χ4v) is 3.08. The van der Waals surface area contributed by atoms with E-state index in [1.165, 1.54) is 12.8 Å². The van der Waals surface area contributed by atoms with Crippen LogP contribution in [0.15, 0.2) is 30.3 Å². The van der Waals surface area contributed by atoms with E-state index in [-0.39, 0.29) is 12.1 Å². The van der Waals surface area contributed by atoms with E-state index in [4.69, 9.17) is 0 Å². The Morgan fingerprint density at radius 3 is 2.67 bits per heavy atom. The van der Waals surface area contributed by atoms with Crippen molar-refractivity contribution in [3.05, 3.63) is 35.9 Å². The molecule has 1 aromatic rings. The van der Waals surface area contributed by atoms with Crippen LogP contribution < -0.4 is 0 Å². The van der Waals surface area contributed by atoms with Gasteiger partial charge in [0.2, 0.25) is 0 Å². The number of aliphatic hydroxyl groups is 1. The molecule has 0 aliphatic carbocycles. The van der Waals surface area contributed by atoms with E-state index < -0.39 is 0 Å². The normalized spacial score (nSPS) is 24.7. The Bertz CT molecular complexity index is 351. The minimum absolute atomic E-state index is 0.259. The predicted molar refractivity (Wildman–Crippen MR) is 75.5 cm³/mol. The lowest BCUT2D eigenvalue weighted by Crippen LogP contribution is -2.44. The lowest BCUT2D eigenvalue weighted by atomic mass is 9.93. The van der Waals surface area contributed by atoms with Gasteiger partial charge in [0.25, 0.3) is 0 Å². The smallest absolute Gasteiger partial charge is 0.0945 e. The fourth-order valence-electron chi connectivity index (χ4n) is 3.08. The molecular weight excluding hydrogens is 222 g/mol. The SMILES string of the molecule is CCC(C(O)c1ccccc1)N1CCCC(C)C1. The molecule has 2 rings (SSSR count). The number of aliphatic hydroxyl groups excluding tert-OH is 1. The van der Waals surface area contributed by atoms with E-state index in [1.807, 2.05) is 30.3 Å². The molecule has 1 heterocycles. The zero-order valence-corrected chi connectivity index (χ0v) is 11.5. The summed E-state index contributed by atoms with van der Waals surface area (Å²) in [6.45, 7) is 6.75. The highest BCUT2D eigenvalue weighted by atomic mass is 16.3. The highest BCUT2D eigenvalue weighted by Gasteiger charge is 2.28. The second-order valence-corrected chi connectivity index (χ2v) is 5.57. The molecule has 0 aromatic heterocycles. The summed E-state index contributed by atoms with van der Waals surface area (Å²) in [6, 6.07) is 10.3. The molecular formula is C16H25NO. The van der Waals surface area contributed by atoms with Crippen molar-refractivity contribution in [1.29, 1.82) is 0 Å². The van der Waals surface area contributed by atoms with Crippen molar-refractivity contribution in [3.8, 4) is 0 Å². The first-order valence-electron chi connectivity index (χ1n) is 7.19. The van der Waals surface area contributed by atoms with Gasteiger partial charge in [-0.05, 0) is 37.3 Å². The third-order valence-corrected chi connectivity index (χ3v) is 4.08. The molecule has 0 spiro atoms. The Kier molecular flexibility index (Phi) is 4.79. The highest BCUT2D eigenvalue weighted by Crippen LogP contribution is 2.27. The lowest BCUT2D eigenvalue weighted by Gasteiger charge is -2.39. The molecule has 1 N–H and O–H groups in total. The number of rotatable bonds is 4. The summed E-state index contributed by atoms with van der Waals surface area (Å²) in [5, 5.41) is 10.6. The Balaban J connectivity index is 2.08. The van der Waals surface area contributed by atoms with Crippen LogP contribution in [-0.4, -0.2) is 29.1 Å². The van der Waals surface area contributed by atoms with E-state index in [0.29, 0.717) is 0 Å². The van der Waals surface area contributed by atoms with Gasteiger partial charge in [0.05, 0.1) is 6.10 Å². The number of likely N-dealkylation sites (tertiary alicyclic amines) is 1. The molecule has 2 heteroatoms. The van der Waals surface area contributed by atoms with Gasteiger partial charge in [-0.1, -0.05) is 44.2 Å². The molecule has 2 nitrogen and oxygen atoms in total. The second kappa shape index (κ2) is 6.35. The number of hydrogen-bond acceptors (Lipinski definition) is 2. The molecule has 3 atom stereocenters. The standard InChI is InChI=1S/C16H25NO/c1-3-15(17-11-7-8-13(2)12-17)16(18)14-9-5-4-6-10-14/h4-6,9-10,13,15-16,18H,3,7-8,11-12H2,1-2H3. The van der Waals surface area contributed by atoms with Gasteiger partial charge in [-0.25, -0.2) is 0 Å². The summed E-state index contributed by atoms with van der Waals surface area (Å²) < 4.78 is 0. The van der Waals surface area contributed by atoms with Gasteiger partial charge >= 0.3 is 0 Å². The predicted octanol–water partition coefficient (Wildman–Crippen LogP) is 3.23. The molecule has 0 bridgehead atoms. The summed E-state index contributed by atoms with van der Waals surface area (Å²) in [5.74, 6) is 0.760. The topological polar surface area (TPSA) is 23.5 Å². The van der Waals surface area contributed by atoms with Gasteiger partial charge in [0.15, 0.2) is 0 Å². The minimum Gasteiger partial charge on any atom is -0.387 e. The number of hydrogen-bond donors (Lipinski definition) is 1. The molecule has 1 aliphatic heterocycles. The Labute approximate surface area is 111 Å². The van der Waals surface area contributed by atoms with Gasteiger partial charge in [-0.2, -0.15) is 0 Å². The molecule has 1 aliphatic rings. The maximum atomic E-state index is 10.6. The van der Waals surface area contributed by atoms with Crippen LogP contribution >= 0.6 is 0 Å². The Morgan fingerprint density at radius 2 is 2.06 bits per heavy atom. The van der Waals surface area contributed by atoms with Crippen LogP contribution in [0.5, 0.6) is 0 Å². The first-order valence-corrected chi connectivity index (χ1v) is 7.19. The van der Waals surface area contributed by atoms with Crippen molar-refractivity contribution in [2.45, 2.75) is 45.3 Å². The number of piperidine rings is 1. The van der Waals surface area contributed by atoms with Crippen molar-refractivity contribution in [3.63, 3.8) is 0 Å². The van der Waals surface area contributed by atoms with E-state index >= 15 is 0 Å². The maximum Gasteiger partial charge on any atom is 0.0945 e. The van der Waals surface area contributed by atoms with Gasteiger partial charge in [0, 0.05) is 12.6 Å². The molecule has 3 unspecified atom stereocenters. The van der Waals surface area contributed by atoms with E-state index in [1.54, 1.807) is 0 Å². The highest BCUT2D eigenvalue weighted by molar-refractivity contribution is 5.19. The number of benzene rings is 1. The lowest BCUT2D eigenvalue weighted by molar-refractivity contribution is 0.0238. The first-order chi connectivity index (χ1) is 8.72. The average Bonchev–Trinajstić information content (AvgIpc) is 2.40. The minimum atomic E-state index is -0.360. The van der Waals surface area contributed by atoms with Crippen molar-refractivity contribution in [1.82, 2.24) is 4.90 Å². The second-order valence-electron chi connectivity index (χ2n) is 5.57. The number of nitrogens with zero attached hydrogens (tertiary/aromatic N) is 1. The van der Waals surface area contributed by atoms with Gasteiger partial charge in [-0.3, -0.25) is 4.90 Å². The average molecular weight is 247 g/mol. The molecule has 18 heavy (non-hydrogen) atoms. The van der Waals surface area contributed by atoms with Crippen molar-refractivity contribution in [2.75, 3.05) is 13.1 Å². The van der Waals surface area contributed by atoms with Crippen molar-refractivity contribution >= 4 is 0 Å². The zero-order valence-electron chi connectivity index (χ0n) is 11.5. The van der Waals surface area contributed by atoms with Crippen LogP contribution in [0.1, 0.15) is 44.8 Å². The summed E-state index contributed by atoms with van der Waals surface area (Å²) in [7, 11) is 0.